The molecular weight excluding hydrogens is 689 g/mol. The van der Waals surface area contributed by atoms with Gasteiger partial charge in [-0.15, -0.1) is 0 Å². The van der Waals surface area contributed by atoms with Crippen molar-refractivity contribution in [3.05, 3.63) is 203 Å². The summed E-state index contributed by atoms with van der Waals surface area (Å²) < 4.78 is 6.35. The first-order valence-corrected chi connectivity index (χ1v) is 20.2. The predicted octanol–water partition coefficient (Wildman–Crippen LogP) is 15.4. The van der Waals surface area contributed by atoms with Crippen LogP contribution in [0.2, 0.25) is 0 Å². The Morgan fingerprint density at radius 1 is 0.579 bits per heavy atom. The summed E-state index contributed by atoms with van der Waals surface area (Å²) in [5.74, 6) is 1.01. The number of benzene rings is 8. The van der Waals surface area contributed by atoms with Crippen LogP contribution in [0.3, 0.4) is 0 Å². The van der Waals surface area contributed by atoms with Crippen molar-refractivity contribution in [1.82, 2.24) is 0 Å². The summed E-state index contributed by atoms with van der Waals surface area (Å²) in [5, 5.41) is 8.83. The van der Waals surface area contributed by atoms with E-state index in [0.717, 1.165) is 24.2 Å². The molecule has 57 heavy (non-hydrogen) atoms. The van der Waals surface area contributed by atoms with E-state index in [1.54, 1.807) is 0 Å². The van der Waals surface area contributed by atoms with Gasteiger partial charge in [-0.3, -0.25) is 0 Å². The Hall–Kier alpha value is -6.70. The molecule has 9 aromatic rings. The van der Waals surface area contributed by atoms with Crippen molar-refractivity contribution >= 4 is 54.9 Å². The van der Waals surface area contributed by atoms with E-state index in [-0.39, 0.29) is 5.41 Å². The summed E-state index contributed by atoms with van der Waals surface area (Å²) in [4.78, 5) is 0. The molecule has 0 saturated heterocycles. The molecule has 1 nitrogen and oxygen atoms in total. The van der Waals surface area contributed by atoms with E-state index >= 15 is 0 Å². The van der Waals surface area contributed by atoms with Gasteiger partial charge in [0, 0.05) is 16.4 Å². The predicted molar refractivity (Wildman–Crippen MR) is 243 cm³/mol. The minimum Gasteiger partial charge on any atom is -0.456 e. The number of fused-ring (bicyclic) bond motifs is 7. The highest BCUT2D eigenvalue weighted by Crippen LogP contribution is 2.53. The minimum absolute atomic E-state index is 0.243. The molecule has 0 amide bonds. The van der Waals surface area contributed by atoms with Gasteiger partial charge in [0.2, 0.25) is 0 Å². The first-order chi connectivity index (χ1) is 27.9. The van der Waals surface area contributed by atoms with E-state index < -0.39 is 0 Å². The lowest BCUT2D eigenvalue weighted by molar-refractivity contribution is 0.595. The summed E-state index contributed by atoms with van der Waals surface area (Å²) in [6, 6.07) is 54.0. The standard InChI is InChI=1S/C56H42O/c1-5-48-55(37-31-32-51-52(34(37)2)47-25-15-16-26-50(47)57-51)46-28-27-36(33-49(46)56(48,3)4)53-41-21-11-13-23-43(41)54(44-24-14-12-22-42(44)53)45-30-29-38(35-17-7-6-8-18-35)39-19-9-10-20-40(39)45/h5-14,16-24,26-33H,1,15,25H2,2-4H3. The van der Waals surface area contributed by atoms with Crippen LogP contribution in [-0.2, 0) is 11.8 Å². The molecule has 0 N–H and O–H groups in total. The van der Waals surface area contributed by atoms with Crippen molar-refractivity contribution in [3.8, 4) is 33.4 Å². The van der Waals surface area contributed by atoms with Gasteiger partial charge in [0.15, 0.2) is 0 Å². The Balaban J connectivity index is 1.13. The molecule has 1 heteroatoms. The number of furan rings is 1. The van der Waals surface area contributed by atoms with Gasteiger partial charge in [-0.05, 0) is 137 Å². The maximum Gasteiger partial charge on any atom is 0.135 e. The van der Waals surface area contributed by atoms with Gasteiger partial charge >= 0.3 is 0 Å². The van der Waals surface area contributed by atoms with E-state index in [4.69, 9.17) is 4.42 Å². The number of rotatable bonds is 5. The molecule has 0 fully saturated rings. The van der Waals surface area contributed by atoms with Crippen LogP contribution in [0.4, 0.5) is 0 Å². The fourth-order valence-corrected chi connectivity index (χ4v) is 10.3. The fraction of sp³-hybridized carbons (Fsp3) is 0.107. The number of hydrogen-bond acceptors (Lipinski definition) is 1. The molecule has 0 unspecified atom stereocenters. The van der Waals surface area contributed by atoms with E-state index in [1.165, 1.54) is 110 Å². The van der Waals surface area contributed by atoms with Gasteiger partial charge in [0.25, 0.3) is 0 Å². The molecule has 0 bridgehead atoms. The zero-order chi connectivity index (χ0) is 38.4. The van der Waals surface area contributed by atoms with Gasteiger partial charge in [0.1, 0.15) is 11.3 Å². The molecule has 0 aliphatic heterocycles. The third kappa shape index (κ3) is 4.88. The molecule has 1 heterocycles. The lowest BCUT2D eigenvalue weighted by Crippen LogP contribution is -2.16. The zero-order valence-electron chi connectivity index (χ0n) is 32.6. The van der Waals surface area contributed by atoms with Crippen molar-refractivity contribution in [3.63, 3.8) is 0 Å². The molecule has 1 aromatic heterocycles. The number of hydrogen-bond donors (Lipinski definition) is 0. The van der Waals surface area contributed by atoms with Crippen LogP contribution in [0.25, 0.3) is 88.3 Å². The van der Waals surface area contributed by atoms with Gasteiger partial charge < -0.3 is 4.42 Å². The molecule has 0 saturated carbocycles. The average molecular weight is 731 g/mol. The van der Waals surface area contributed by atoms with Crippen LogP contribution in [0, 0.1) is 6.92 Å². The molecule has 2 aliphatic rings. The Labute approximate surface area is 333 Å². The van der Waals surface area contributed by atoms with Crippen LogP contribution < -0.4 is 0 Å². The summed E-state index contributed by atoms with van der Waals surface area (Å²) in [5.41, 5.74) is 17.3. The Kier molecular flexibility index (Phi) is 7.47. The monoisotopic (exact) mass is 730 g/mol. The van der Waals surface area contributed by atoms with Crippen LogP contribution >= 0.6 is 0 Å². The SMILES string of the molecule is C=CC1=C(c2ccc3oc4c(c3c2C)CCC=C4)c2ccc(-c3c4ccccc4c(-c4ccc(-c5ccccc5)c5ccccc45)c4ccccc34)cc2C1(C)C. The van der Waals surface area contributed by atoms with Crippen molar-refractivity contribution in [1.29, 1.82) is 0 Å². The van der Waals surface area contributed by atoms with E-state index in [9.17, 15) is 0 Å². The highest BCUT2D eigenvalue weighted by atomic mass is 16.3. The summed E-state index contributed by atoms with van der Waals surface area (Å²) >= 11 is 0. The van der Waals surface area contributed by atoms with Crippen molar-refractivity contribution in [2.45, 2.75) is 39.0 Å². The Morgan fingerprint density at radius 3 is 1.84 bits per heavy atom. The lowest BCUT2D eigenvalue weighted by atomic mass is 9.79. The first kappa shape index (κ1) is 33.6. The molecule has 0 radical (unpaired) electrons. The number of aryl methyl sites for hydroxylation is 2. The summed E-state index contributed by atoms with van der Waals surface area (Å²) in [6.45, 7) is 11.4. The molecule has 272 valence electrons. The topological polar surface area (TPSA) is 13.1 Å². The summed E-state index contributed by atoms with van der Waals surface area (Å²) in [7, 11) is 0. The van der Waals surface area contributed by atoms with Crippen LogP contribution in [0.1, 0.15) is 53.8 Å². The number of allylic oxidation sites excluding steroid dienone is 3. The fourth-order valence-electron chi connectivity index (χ4n) is 10.3. The zero-order valence-corrected chi connectivity index (χ0v) is 32.6. The lowest BCUT2D eigenvalue weighted by Gasteiger charge is -2.24. The van der Waals surface area contributed by atoms with Gasteiger partial charge in [-0.1, -0.05) is 166 Å². The maximum absolute atomic E-state index is 6.35. The maximum atomic E-state index is 6.35. The van der Waals surface area contributed by atoms with Crippen molar-refractivity contribution in [2.24, 2.45) is 0 Å². The smallest absolute Gasteiger partial charge is 0.135 e. The van der Waals surface area contributed by atoms with Crippen molar-refractivity contribution < 1.29 is 4.42 Å². The molecule has 11 rings (SSSR count). The van der Waals surface area contributed by atoms with E-state index in [0.29, 0.717) is 0 Å². The second kappa shape index (κ2) is 12.7. The quantitative estimate of drug-likeness (QED) is 0.161. The van der Waals surface area contributed by atoms with Crippen LogP contribution in [0.15, 0.2) is 174 Å². The normalized spacial score (nSPS) is 14.5. The third-order valence-electron chi connectivity index (χ3n) is 13.0. The highest BCUT2D eigenvalue weighted by molar-refractivity contribution is 6.24. The largest absolute Gasteiger partial charge is 0.456 e. The average Bonchev–Trinajstić information content (AvgIpc) is 3.74. The summed E-state index contributed by atoms with van der Waals surface area (Å²) in [6.07, 6.45) is 8.52. The highest BCUT2D eigenvalue weighted by Gasteiger charge is 2.38. The van der Waals surface area contributed by atoms with Crippen LogP contribution in [-0.4, -0.2) is 0 Å². The Morgan fingerprint density at radius 2 is 1.16 bits per heavy atom. The molecule has 0 atom stereocenters. The second-order valence-electron chi connectivity index (χ2n) is 16.3. The molecule has 0 spiro atoms. The van der Waals surface area contributed by atoms with Gasteiger partial charge in [-0.2, -0.15) is 0 Å². The second-order valence-corrected chi connectivity index (χ2v) is 16.3. The van der Waals surface area contributed by atoms with E-state index in [1.807, 2.05) is 0 Å². The minimum atomic E-state index is -0.243. The Bertz CT molecular complexity index is 3160. The third-order valence-corrected chi connectivity index (χ3v) is 13.0. The first-order valence-electron chi connectivity index (χ1n) is 20.2. The van der Waals surface area contributed by atoms with Gasteiger partial charge in [-0.25, -0.2) is 0 Å². The molecular formula is C56H42O. The van der Waals surface area contributed by atoms with Crippen molar-refractivity contribution in [2.75, 3.05) is 0 Å². The van der Waals surface area contributed by atoms with E-state index in [2.05, 4.69) is 191 Å². The van der Waals surface area contributed by atoms with Crippen LogP contribution in [0.5, 0.6) is 0 Å². The van der Waals surface area contributed by atoms with Gasteiger partial charge in [0.05, 0.1) is 0 Å². The molecule has 8 aromatic carbocycles. The molecule has 2 aliphatic carbocycles.